The summed E-state index contributed by atoms with van der Waals surface area (Å²) in [6.45, 7) is 0. The Labute approximate surface area is 109 Å². The summed E-state index contributed by atoms with van der Waals surface area (Å²) in [5.41, 5.74) is 1.14. The summed E-state index contributed by atoms with van der Waals surface area (Å²) in [7, 11) is 1.67. The molecule has 0 amide bonds. The second-order valence-electron chi connectivity index (χ2n) is 4.16. The Bertz CT molecular complexity index is 535. The van der Waals surface area contributed by atoms with Crippen LogP contribution in [0.2, 0.25) is 0 Å². The van der Waals surface area contributed by atoms with E-state index in [1.54, 1.807) is 19.3 Å². The molecule has 1 heterocycles. The first-order chi connectivity index (χ1) is 9.11. The van der Waals surface area contributed by atoms with Crippen LogP contribution in [0.1, 0.15) is 17.3 Å². The van der Waals surface area contributed by atoms with E-state index in [2.05, 4.69) is 10.3 Å². The largest absolute Gasteiger partial charge is 0.313 e. The molecule has 0 bridgehead atoms. The third kappa shape index (κ3) is 3.12. The van der Waals surface area contributed by atoms with Gasteiger partial charge in [-0.05, 0) is 36.9 Å². The summed E-state index contributed by atoms with van der Waals surface area (Å²) >= 11 is 0. The maximum atomic E-state index is 13.2. The monoisotopic (exact) mass is 266 g/mol. The van der Waals surface area contributed by atoms with Crippen molar-refractivity contribution in [3.05, 3.63) is 65.2 Å². The van der Waals surface area contributed by atoms with Crippen LogP contribution in [0.15, 0.2) is 36.5 Å². The molecule has 1 atom stereocenters. The number of likely N-dealkylation sites (N-methyl/N-ethyl adjacent to an activating group) is 1. The smallest absolute Gasteiger partial charge is 0.194 e. The highest BCUT2D eigenvalue weighted by Crippen LogP contribution is 2.21. The molecule has 0 spiro atoms. The molecule has 2 rings (SSSR count). The van der Waals surface area contributed by atoms with Gasteiger partial charge in [-0.1, -0.05) is 6.07 Å². The minimum Gasteiger partial charge on any atom is -0.313 e. The maximum Gasteiger partial charge on any atom is 0.194 e. The van der Waals surface area contributed by atoms with Crippen LogP contribution in [0.3, 0.4) is 0 Å². The summed E-state index contributed by atoms with van der Waals surface area (Å²) in [6.07, 6.45) is 2.11. The molecule has 100 valence electrons. The predicted molar refractivity (Wildman–Crippen MR) is 66.1 cm³/mol. The molecular weight excluding hydrogens is 253 g/mol. The van der Waals surface area contributed by atoms with Crippen molar-refractivity contribution in [2.45, 2.75) is 12.5 Å². The van der Waals surface area contributed by atoms with Crippen LogP contribution >= 0.6 is 0 Å². The van der Waals surface area contributed by atoms with Crippen LogP contribution in [-0.4, -0.2) is 12.0 Å². The second kappa shape index (κ2) is 5.84. The molecule has 19 heavy (non-hydrogen) atoms. The quantitative estimate of drug-likeness (QED) is 0.860. The first kappa shape index (κ1) is 13.5. The number of rotatable bonds is 4. The van der Waals surface area contributed by atoms with E-state index < -0.39 is 17.5 Å². The summed E-state index contributed by atoms with van der Waals surface area (Å²) in [5.74, 6) is -3.82. The fourth-order valence-electron chi connectivity index (χ4n) is 1.89. The van der Waals surface area contributed by atoms with Gasteiger partial charge in [0, 0.05) is 24.4 Å². The van der Waals surface area contributed by atoms with Crippen molar-refractivity contribution in [2.75, 3.05) is 7.05 Å². The number of halogens is 3. The van der Waals surface area contributed by atoms with E-state index in [1.165, 1.54) is 0 Å². The number of hydrogen-bond donors (Lipinski definition) is 1. The average molecular weight is 266 g/mol. The Kier molecular flexibility index (Phi) is 4.16. The molecule has 0 radical (unpaired) electrons. The molecule has 0 aliphatic carbocycles. The van der Waals surface area contributed by atoms with Gasteiger partial charge in [-0.3, -0.25) is 4.98 Å². The van der Waals surface area contributed by atoms with Gasteiger partial charge in [0.2, 0.25) is 0 Å². The van der Waals surface area contributed by atoms with Gasteiger partial charge in [-0.2, -0.15) is 0 Å². The standard InChI is InChI=1S/C14H13F3N2/c1-18-13(8-10-4-2-3-5-19-10)9-6-11(15)14(17)12(16)7-9/h2-7,13,18H,8H2,1H3. The normalized spacial score (nSPS) is 12.4. The van der Waals surface area contributed by atoms with Gasteiger partial charge in [0.1, 0.15) is 0 Å². The van der Waals surface area contributed by atoms with Crippen LogP contribution in [0.5, 0.6) is 0 Å². The lowest BCUT2D eigenvalue weighted by Gasteiger charge is -2.16. The van der Waals surface area contributed by atoms with Gasteiger partial charge in [-0.25, -0.2) is 13.2 Å². The van der Waals surface area contributed by atoms with E-state index in [4.69, 9.17) is 0 Å². The molecule has 1 unspecified atom stereocenters. The minimum absolute atomic E-state index is 0.334. The molecule has 2 aromatic rings. The van der Waals surface area contributed by atoms with Gasteiger partial charge < -0.3 is 5.32 Å². The summed E-state index contributed by atoms with van der Waals surface area (Å²) in [6, 6.07) is 7.11. The number of nitrogens with one attached hydrogen (secondary N) is 1. The van der Waals surface area contributed by atoms with Crippen molar-refractivity contribution < 1.29 is 13.2 Å². The fourth-order valence-corrected chi connectivity index (χ4v) is 1.89. The van der Waals surface area contributed by atoms with Crippen LogP contribution in [-0.2, 0) is 6.42 Å². The molecule has 5 heteroatoms. The van der Waals surface area contributed by atoms with Crippen molar-refractivity contribution in [2.24, 2.45) is 0 Å². The van der Waals surface area contributed by atoms with Gasteiger partial charge in [0.05, 0.1) is 0 Å². The first-order valence-corrected chi connectivity index (χ1v) is 5.83. The Morgan fingerprint density at radius 1 is 1.16 bits per heavy atom. The number of hydrogen-bond acceptors (Lipinski definition) is 2. The minimum atomic E-state index is -1.45. The molecule has 0 aliphatic heterocycles. The lowest BCUT2D eigenvalue weighted by atomic mass is 10.0. The Hall–Kier alpha value is -1.88. The Balaban J connectivity index is 2.27. The number of nitrogens with zero attached hydrogens (tertiary/aromatic N) is 1. The van der Waals surface area contributed by atoms with E-state index in [-0.39, 0.29) is 6.04 Å². The van der Waals surface area contributed by atoms with Crippen LogP contribution < -0.4 is 5.32 Å². The van der Waals surface area contributed by atoms with Crippen molar-refractivity contribution in [1.82, 2.24) is 10.3 Å². The highest BCUT2D eigenvalue weighted by atomic mass is 19.2. The maximum absolute atomic E-state index is 13.2. The van der Waals surface area contributed by atoms with E-state index in [0.717, 1.165) is 17.8 Å². The average Bonchev–Trinajstić information content (AvgIpc) is 2.42. The number of pyridine rings is 1. The van der Waals surface area contributed by atoms with Gasteiger partial charge in [0.15, 0.2) is 17.5 Å². The zero-order valence-electron chi connectivity index (χ0n) is 10.3. The molecule has 2 nitrogen and oxygen atoms in total. The van der Waals surface area contributed by atoms with Gasteiger partial charge in [-0.15, -0.1) is 0 Å². The topological polar surface area (TPSA) is 24.9 Å². The van der Waals surface area contributed by atoms with Crippen LogP contribution in [0.4, 0.5) is 13.2 Å². The van der Waals surface area contributed by atoms with Crippen LogP contribution in [0.25, 0.3) is 0 Å². The first-order valence-electron chi connectivity index (χ1n) is 5.83. The van der Waals surface area contributed by atoms with Crippen molar-refractivity contribution in [3.8, 4) is 0 Å². The molecule has 0 saturated carbocycles. The van der Waals surface area contributed by atoms with E-state index >= 15 is 0 Å². The van der Waals surface area contributed by atoms with Gasteiger partial charge in [0.25, 0.3) is 0 Å². The SMILES string of the molecule is CNC(Cc1ccccn1)c1cc(F)c(F)c(F)c1. The van der Waals surface area contributed by atoms with Crippen molar-refractivity contribution in [1.29, 1.82) is 0 Å². The molecular formula is C14H13F3N2. The zero-order valence-corrected chi connectivity index (χ0v) is 10.3. The van der Waals surface area contributed by atoms with Crippen LogP contribution in [0, 0.1) is 17.5 Å². The molecule has 0 saturated heterocycles. The summed E-state index contributed by atoms with van der Waals surface area (Å²) in [4.78, 5) is 4.15. The Morgan fingerprint density at radius 2 is 1.84 bits per heavy atom. The highest BCUT2D eigenvalue weighted by Gasteiger charge is 2.17. The predicted octanol–water partition coefficient (Wildman–Crippen LogP) is 3.00. The Morgan fingerprint density at radius 3 is 2.37 bits per heavy atom. The lowest BCUT2D eigenvalue weighted by Crippen LogP contribution is -2.20. The van der Waals surface area contributed by atoms with Crippen molar-refractivity contribution >= 4 is 0 Å². The number of aromatic nitrogens is 1. The van der Waals surface area contributed by atoms with E-state index in [1.807, 2.05) is 12.1 Å². The fraction of sp³-hybridized carbons (Fsp3) is 0.214. The third-order valence-electron chi connectivity index (χ3n) is 2.90. The van der Waals surface area contributed by atoms with Gasteiger partial charge >= 0.3 is 0 Å². The summed E-state index contributed by atoms with van der Waals surface area (Å²) in [5, 5.41) is 2.94. The third-order valence-corrected chi connectivity index (χ3v) is 2.90. The molecule has 0 aliphatic rings. The number of benzene rings is 1. The molecule has 1 aromatic heterocycles. The lowest BCUT2D eigenvalue weighted by molar-refractivity contribution is 0.440. The summed E-state index contributed by atoms with van der Waals surface area (Å²) < 4.78 is 39.4. The van der Waals surface area contributed by atoms with E-state index in [0.29, 0.717) is 12.0 Å². The molecule has 1 aromatic carbocycles. The zero-order chi connectivity index (χ0) is 13.8. The highest BCUT2D eigenvalue weighted by molar-refractivity contribution is 5.24. The van der Waals surface area contributed by atoms with Crippen molar-refractivity contribution in [3.63, 3.8) is 0 Å². The second-order valence-corrected chi connectivity index (χ2v) is 4.16. The van der Waals surface area contributed by atoms with E-state index in [9.17, 15) is 13.2 Å². The molecule has 0 fully saturated rings. The molecule has 1 N–H and O–H groups in total.